The van der Waals surface area contributed by atoms with Gasteiger partial charge in [-0.25, -0.2) is 0 Å². The summed E-state index contributed by atoms with van der Waals surface area (Å²) in [6.07, 6.45) is 1.43. The van der Waals surface area contributed by atoms with Crippen LogP contribution in [0.15, 0.2) is 48.5 Å². The summed E-state index contributed by atoms with van der Waals surface area (Å²) < 4.78 is 16.1. The molecule has 30 heavy (non-hydrogen) atoms. The second-order valence-corrected chi connectivity index (χ2v) is 7.06. The number of rotatable bonds is 8. The second kappa shape index (κ2) is 10.5. The van der Waals surface area contributed by atoms with Crippen molar-refractivity contribution in [3.8, 4) is 17.2 Å². The van der Waals surface area contributed by atoms with Crippen LogP contribution in [0.4, 0.5) is 0 Å². The molecule has 2 amide bonds. The molecule has 0 aliphatic carbocycles. The third-order valence-corrected chi connectivity index (χ3v) is 4.97. The van der Waals surface area contributed by atoms with Crippen molar-refractivity contribution in [2.24, 2.45) is 0 Å². The highest BCUT2D eigenvalue weighted by Gasteiger charge is 2.24. The number of likely N-dealkylation sites (tertiary alicyclic amines) is 1. The first-order chi connectivity index (χ1) is 14.6. The molecule has 1 N–H and O–H groups in total. The number of piperidine rings is 1. The number of hydrogen-bond acceptors (Lipinski definition) is 5. The average Bonchev–Trinajstić information content (AvgIpc) is 2.79. The minimum absolute atomic E-state index is 0.0162. The summed E-state index contributed by atoms with van der Waals surface area (Å²) in [5.41, 5.74) is 0.612. The van der Waals surface area contributed by atoms with Crippen molar-refractivity contribution >= 4 is 11.8 Å². The lowest BCUT2D eigenvalue weighted by molar-refractivity contribution is -0.124. The normalized spacial score (nSPS) is 14.1. The number of hydrogen-bond donors (Lipinski definition) is 1. The minimum atomic E-state index is -0.165. The van der Waals surface area contributed by atoms with Gasteiger partial charge in [0.2, 0.25) is 0 Å². The van der Waals surface area contributed by atoms with Gasteiger partial charge in [-0.1, -0.05) is 6.07 Å². The fourth-order valence-corrected chi connectivity index (χ4v) is 3.38. The molecule has 1 aliphatic rings. The van der Waals surface area contributed by atoms with Gasteiger partial charge in [0.25, 0.3) is 11.8 Å². The Morgan fingerprint density at radius 2 is 1.67 bits per heavy atom. The Morgan fingerprint density at radius 3 is 2.30 bits per heavy atom. The van der Waals surface area contributed by atoms with Crippen LogP contribution in [0, 0.1) is 0 Å². The summed E-state index contributed by atoms with van der Waals surface area (Å²) in [6, 6.07) is 14.4. The van der Waals surface area contributed by atoms with Gasteiger partial charge < -0.3 is 24.4 Å². The molecular formula is C23H28N2O5. The van der Waals surface area contributed by atoms with Crippen molar-refractivity contribution < 1.29 is 23.8 Å². The summed E-state index contributed by atoms with van der Waals surface area (Å²) in [5.74, 6) is 1.87. The summed E-state index contributed by atoms with van der Waals surface area (Å²) in [6.45, 7) is 3.68. The van der Waals surface area contributed by atoms with E-state index in [9.17, 15) is 9.59 Å². The molecule has 7 nitrogen and oxygen atoms in total. The third-order valence-electron chi connectivity index (χ3n) is 4.97. The molecule has 1 aliphatic heterocycles. The molecule has 0 aromatic heterocycles. The van der Waals surface area contributed by atoms with Crippen molar-refractivity contribution in [3.63, 3.8) is 0 Å². The zero-order valence-electron chi connectivity index (χ0n) is 17.4. The Labute approximate surface area is 176 Å². The number of benzene rings is 2. The highest BCUT2D eigenvalue weighted by Crippen LogP contribution is 2.19. The predicted octanol–water partition coefficient (Wildman–Crippen LogP) is 2.89. The smallest absolute Gasteiger partial charge is 0.258 e. The molecule has 1 saturated heterocycles. The van der Waals surface area contributed by atoms with Crippen molar-refractivity contribution in [1.29, 1.82) is 0 Å². The first-order valence-corrected chi connectivity index (χ1v) is 10.2. The summed E-state index contributed by atoms with van der Waals surface area (Å²) in [4.78, 5) is 26.7. The van der Waals surface area contributed by atoms with Gasteiger partial charge in [-0.3, -0.25) is 9.59 Å². The van der Waals surface area contributed by atoms with Crippen molar-refractivity contribution in [1.82, 2.24) is 10.2 Å². The number of carbonyl (C=O) groups excluding carboxylic acids is 2. The molecule has 2 aromatic carbocycles. The molecule has 0 radical (unpaired) electrons. The van der Waals surface area contributed by atoms with Crippen LogP contribution < -0.4 is 19.5 Å². The summed E-state index contributed by atoms with van der Waals surface area (Å²) in [7, 11) is 1.58. The molecule has 1 fully saturated rings. The van der Waals surface area contributed by atoms with E-state index in [1.54, 1.807) is 31.4 Å². The molecule has 7 heteroatoms. The van der Waals surface area contributed by atoms with E-state index in [-0.39, 0.29) is 24.5 Å². The van der Waals surface area contributed by atoms with Crippen LogP contribution in [0.3, 0.4) is 0 Å². The average molecular weight is 412 g/mol. The van der Waals surface area contributed by atoms with Crippen molar-refractivity contribution in [2.45, 2.75) is 25.8 Å². The second-order valence-electron chi connectivity index (χ2n) is 7.06. The molecule has 0 unspecified atom stereocenters. The zero-order valence-corrected chi connectivity index (χ0v) is 17.4. The van der Waals surface area contributed by atoms with E-state index in [2.05, 4.69) is 5.32 Å². The fourth-order valence-electron chi connectivity index (χ4n) is 3.38. The SMILES string of the molecule is CCOc1ccc(OCC(=O)NC2CCN(C(=O)c3cccc(OC)c3)CC2)cc1. The van der Waals surface area contributed by atoms with E-state index in [1.807, 2.05) is 36.1 Å². The van der Waals surface area contributed by atoms with Crippen LogP contribution in [0.2, 0.25) is 0 Å². The largest absolute Gasteiger partial charge is 0.497 e. The van der Waals surface area contributed by atoms with Gasteiger partial charge in [0, 0.05) is 24.7 Å². The lowest BCUT2D eigenvalue weighted by atomic mass is 10.0. The van der Waals surface area contributed by atoms with Gasteiger partial charge in [0.1, 0.15) is 17.2 Å². The molecule has 1 heterocycles. The third kappa shape index (κ3) is 5.89. The molecule has 0 bridgehead atoms. The summed E-state index contributed by atoms with van der Waals surface area (Å²) >= 11 is 0. The lowest BCUT2D eigenvalue weighted by Crippen LogP contribution is -2.47. The van der Waals surface area contributed by atoms with Gasteiger partial charge in [-0.15, -0.1) is 0 Å². The number of ether oxygens (including phenoxy) is 3. The van der Waals surface area contributed by atoms with Gasteiger partial charge in [0.15, 0.2) is 6.61 Å². The standard InChI is InChI=1S/C23H28N2O5/c1-3-29-19-7-9-20(10-8-19)30-16-22(26)24-18-11-13-25(14-12-18)23(27)17-5-4-6-21(15-17)28-2/h4-10,15,18H,3,11-14,16H2,1-2H3,(H,24,26). The molecule has 160 valence electrons. The maximum absolute atomic E-state index is 12.7. The predicted molar refractivity (Wildman–Crippen MR) is 113 cm³/mol. The van der Waals surface area contributed by atoms with Gasteiger partial charge in [0.05, 0.1) is 13.7 Å². The number of nitrogens with one attached hydrogen (secondary N) is 1. The van der Waals surface area contributed by atoms with Gasteiger partial charge >= 0.3 is 0 Å². The number of nitrogens with zero attached hydrogens (tertiary/aromatic N) is 1. The van der Waals surface area contributed by atoms with Crippen molar-refractivity contribution in [3.05, 3.63) is 54.1 Å². The highest BCUT2D eigenvalue weighted by molar-refractivity contribution is 5.94. The van der Waals surface area contributed by atoms with E-state index >= 15 is 0 Å². The number of amides is 2. The maximum Gasteiger partial charge on any atom is 0.258 e. The molecule has 0 atom stereocenters. The number of carbonyl (C=O) groups is 2. The van der Waals surface area contributed by atoms with Crippen LogP contribution in [-0.4, -0.2) is 56.2 Å². The molecule has 0 saturated carbocycles. The van der Waals surface area contributed by atoms with E-state index in [4.69, 9.17) is 14.2 Å². The van der Waals surface area contributed by atoms with E-state index in [1.165, 1.54) is 0 Å². The zero-order chi connectivity index (χ0) is 21.3. The summed E-state index contributed by atoms with van der Waals surface area (Å²) in [5, 5.41) is 2.99. The highest BCUT2D eigenvalue weighted by atomic mass is 16.5. The lowest BCUT2D eigenvalue weighted by Gasteiger charge is -2.32. The molecule has 0 spiro atoms. The van der Waals surface area contributed by atoms with Crippen LogP contribution in [0.5, 0.6) is 17.2 Å². The Kier molecular flexibility index (Phi) is 7.54. The Hall–Kier alpha value is -3.22. The quantitative estimate of drug-likeness (QED) is 0.721. The Bertz CT molecular complexity index is 845. The monoisotopic (exact) mass is 412 g/mol. The van der Waals surface area contributed by atoms with Crippen LogP contribution in [-0.2, 0) is 4.79 Å². The topological polar surface area (TPSA) is 77.1 Å². The molecule has 3 rings (SSSR count). The van der Waals surface area contributed by atoms with Gasteiger partial charge in [-0.2, -0.15) is 0 Å². The van der Waals surface area contributed by atoms with Crippen LogP contribution in [0.25, 0.3) is 0 Å². The van der Waals surface area contributed by atoms with Gasteiger partial charge in [-0.05, 0) is 62.2 Å². The number of methoxy groups -OCH3 is 1. The minimum Gasteiger partial charge on any atom is -0.497 e. The van der Waals surface area contributed by atoms with Crippen LogP contribution >= 0.6 is 0 Å². The van der Waals surface area contributed by atoms with Crippen molar-refractivity contribution in [2.75, 3.05) is 33.4 Å². The molecular weight excluding hydrogens is 384 g/mol. The van der Waals surface area contributed by atoms with E-state index in [0.29, 0.717) is 49.6 Å². The first-order valence-electron chi connectivity index (χ1n) is 10.2. The fraction of sp³-hybridized carbons (Fsp3) is 0.391. The van der Waals surface area contributed by atoms with Crippen LogP contribution in [0.1, 0.15) is 30.1 Å². The Balaban J connectivity index is 1.41. The molecule has 2 aromatic rings. The Morgan fingerprint density at radius 1 is 1.00 bits per heavy atom. The van der Waals surface area contributed by atoms with E-state index in [0.717, 1.165) is 5.75 Å². The maximum atomic E-state index is 12.7. The first kappa shape index (κ1) is 21.5. The van der Waals surface area contributed by atoms with E-state index < -0.39 is 0 Å².